The Kier molecular flexibility index (Phi) is 5.36. The number of carbonyl (C=O) groups excluding carboxylic acids is 1. The Hall–Kier alpha value is -1.55. The molecule has 88 valence electrons. The lowest BCUT2D eigenvalue weighted by Gasteiger charge is -2.07. The van der Waals surface area contributed by atoms with Gasteiger partial charge >= 0.3 is 0 Å². The molecule has 1 aromatic carbocycles. The Morgan fingerprint density at radius 2 is 1.88 bits per heavy atom. The molecule has 0 aliphatic carbocycles. The number of amides is 1. The van der Waals surface area contributed by atoms with Crippen LogP contribution in [0, 0.1) is 0 Å². The van der Waals surface area contributed by atoms with E-state index < -0.39 is 0 Å². The first kappa shape index (κ1) is 12.5. The average Bonchev–Trinajstić information content (AvgIpc) is 2.28. The van der Waals surface area contributed by atoms with E-state index in [9.17, 15) is 4.79 Å². The van der Waals surface area contributed by atoms with Crippen LogP contribution in [0.2, 0.25) is 0 Å². The van der Waals surface area contributed by atoms with Crippen molar-refractivity contribution in [2.75, 3.05) is 24.5 Å². The maximum Gasteiger partial charge on any atom is 0.224 e. The lowest BCUT2D eigenvalue weighted by atomic mass is 10.2. The zero-order valence-electron chi connectivity index (χ0n) is 9.75. The van der Waals surface area contributed by atoms with Crippen LogP contribution in [0.1, 0.15) is 19.8 Å². The molecule has 0 saturated carbocycles. The highest BCUT2D eigenvalue weighted by Gasteiger charge is 2.00. The second kappa shape index (κ2) is 6.85. The normalized spacial score (nSPS) is 9.88. The summed E-state index contributed by atoms with van der Waals surface area (Å²) < 4.78 is 4.89. The van der Waals surface area contributed by atoms with Crippen LogP contribution in [0.5, 0.6) is 0 Å². The molecule has 0 atom stereocenters. The fourth-order valence-electron chi connectivity index (χ4n) is 1.28. The van der Waals surface area contributed by atoms with Gasteiger partial charge in [-0.25, -0.2) is 0 Å². The molecule has 4 nitrogen and oxygen atoms in total. The van der Waals surface area contributed by atoms with Gasteiger partial charge in [-0.15, -0.1) is 0 Å². The number of nitrogens with one attached hydrogen (secondary N) is 2. The molecule has 0 radical (unpaired) electrons. The van der Waals surface area contributed by atoms with Crippen molar-refractivity contribution >= 4 is 17.3 Å². The van der Waals surface area contributed by atoms with Gasteiger partial charge in [0.2, 0.25) is 5.91 Å². The Morgan fingerprint density at radius 1 is 1.25 bits per heavy atom. The van der Waals surface area contributed by atoms with Crippen LogP contribution >= 0.6 is 0 Å². The molecule has 0 heterocycles. The molecule has 1 aromatic rings. The van der Waals surface area contributed by atoms with Crippen molar-refractivity contribution < 1.29 is 9.53 Å². The van der Waals surface area contributed by atoms with E-state index in [4.69, 9.17) is 4.74 Å². The van der Waals surface area contributed by atoms with Crippen LogP contribution in [0.4, 0.5) is 11.4 Å². The van der Waals surface area contributed by atoms with E-state index in [2.05, 4.69) is 10.6 Å². The van der Waals surface area contributed by atoms with Crippen molar-refractivity contribution in [3.63, 3.8) is 0 Å². The standard InChI is InChI=1S/C12H18N2O2/c1-3-4-12(15)14-11-7-5-10(6-8-11)13-9-16-2/h5-8,13H,3-4,9H2,1-2H3,(H,14,15). The minimum Gasteiger partial charge on any atom is -0.365 e. The Balaban J connectivity index is 2.47. The minimum atomic E-state index is 0.0556. The maximum absolute atomic E-state index is 11.3. The molecule has 0 unspecified atom stereocenters. The third-order valence-electron chi connectivity index (χ3n) is 2.07. The largest absolute Gasteiger partial charge is 0.365 e. The van der Waals surface area contributed by atoms with E-state index >= 15 is 0 Å². The molecule has 2 N–H and O–H groups in total. The van der Waals surface area contributed by atoms with Gasteiger partial charge in [-0.1, -0.05) is 6.92 Å². The zero-order chi connectivity index (χ0) is 11.8. The Morgan fingerprint density at radius 3 is 2.44 bits per heavy atom. The molecule has 0 aliphatic heterocycles. The molecular weight excluding hydrogens is 204 g/mol. The molecule has 0 aromatic heterocycles. The Bertz CT molecular complexity index is 322. The minimum absolute atomic E-state index is 0.0556. The molecule has 1 amide bonds. The van der Waals surface area contributed by atoms with Gasteiger partial charge in [-0.05, 0) is 30.7 Å². The lowest BCUT2D eigenvalue weighted by Crippen LogP contribution is -2.10. The van der Waals surface area contributed by atoms with Gasteiger partial charge in [-0.2, -0.15) is 0 Å². The summed E-state index contributed by atoms with van der Waals surface area (Å²) in [5, 5.41) is 5.89. The quantitative estimate of drug-likeness (QED) is 0.727. The van der Waals surface area contributed by atoms with Crippen molar-refractivity contribution in [2.24, 2.45) is 0 Å². The second-order valence-electron chi connectivity index (χ2n) is 3.49. The Labute approximate surface area is 96.0 Å². The highest BCUT2D eigenvalue weighted by Crippen LogP contribution is 2.13. The number of benzene rings is 1. The molecule has 0 fully saturated rings. The monoisotopic (exact) mass is 222 g/mol. The van der Waals surface area contributed by atoms with Gasteiger partial charge in [0.15, 0.2) is 0 Å². The molecular formula is C12H18N2O2. The van der Waals surface area contributed by atoms with Crippen molar-refractivity contribution in [1.82, 2.24) is 0 Å². The smallest absolute Gasteiger partial charge is 0.224 e. The van der Waals surface area contributed by atoms with Crippen LogP contribution in [-0.4, -0.2) is 19.7 Å². The number of ether oxygens (including phenoxy) is 1. The van der Waals surface area contributed by atoms with E-state index in [-0.39, 0.29) is 5.91 Å². The van der Waals surface area contributed by atoms with Gasteiger partial charge in [0.1, 0.15) is 6.73 Å². The van der Waals surface area contributed by atoms with E-state index in [1.807, 2.05) is 31.2 Å². The van der Waals surface area contributed by atoms with Gasteiger partial charge in [-0.3, -0.25) is 4.79 Å². The van der Waals surface area contributed by atoms with E-state index in [0.717, 1.165) is 17.8 Å². The first-order chi connectivity index (χ1) is 7.76. The maximum atomic E-state index is 11.3. The second-order valence-corrected chi connectivity index (χ2v) is 3.49. The summed E-state index contributed by atoms with van der Waals surface area (Å²) in [6.45, 7) is 2.46. The van der Waals surface area contributed by atoms with Gasteiger partial charge in [0.25, 0.3) is 0 Å². The molecule has 0 aliphatic rings. The third-order valence-corrected chi connectivity index (χ3v) is 2.07. The number of anilines is 2. The molecule has 4 heteroatoms. The topological polar surface area (TPSA) is 50.4 Å². The van der Waals surface area contributed by atoms with Gasteiger partial charge in [0.05, 0.1) is 0 Å². The zero-order valence-corrected chi connectivity index (χ0v) is 9.75. The third kappa shape index (κ3) is 4.31. The SMILES string of the molecule is CCCC(=O)Nc1ccc(NCOC)cc1. The number of hydrogen-bond acceptors (Lipinski definition) is 3. The van der Waals surface area contributed by atoms with Crippen LogP contribution in [-0.2, 0) is 9.53 Å². The summed E-state index contributed by atoms with van der Waals surface area (Å²) in [5.74, 6) is 0.0556. The fourth-order valence-corrected chi connectivity index (χ4v) is 1.28. The van der Waals surface area contributed by atoms with Crippen molar-refractivity contribution in [3.8, 4) is 0 Å². The van der Waals surface area contributed by atoms with Gasteiger partial charge < -0.3 is 15.4 Å². The summed E-state index contributed by atoms with van der Waals surface area (Å²) in [6, 6.07) is 7.54. The predicted molar refractivity (Wildman–Crippen MR) is 65.5 cm³/mol. The van der Waals surface area contributed by atoms with Crippen LogP contribution in [0.25, 0.3) is 0 Å². The van der Waals surface area contributed by atoms with Crippen molar-refractivity contribution in [3.05, 3.63) is 24.3 Å². The summed E-state index contributed by atoms with van der Waals surface area (Å²) in [4.78, 5) is 11.3. The van der Waals surface area contributed by atoms with Crippen molar-refractivity contribution in [2.45, 2.75) is 19.8 Å². The number of hydrogen-bond donors (Lipinski definition) is 2. The van der Waals surface area contributed by atoms with Gasteiger partial charge in [0, 0.05) is 24.9 Å². The summed E-state index contributed by atoms with van der Waals surface area (Å²) in [7, 11) is 1.63. The molecule has 0 saturated heterocycles. The van der Waals surface area contributed by atoms with Crippen LogP contribution in [0.3, 0.4) is 0 Å². The molecule has 1 rings (SSSR count). The fraction of sp³-hybridized carbons (Fsp3) is 0.417. The highest BCUT2D eigenvalue weighted by atomic mass is 16.5. The van der Waals surface area contributed by atoms with E-state index in [0.29, 0.717) is 13.2 Å². The predicted octanol–water partition coefficient (Wildman–Crippen LogP) is 2.44. The average molecular weight is 222 g/mol. The summed E-state index contributed by atoms with van der Waals surface area (Å²) in [5.41, 5.74) is 1.79. The van der Waals surface area contributed by atoms with E-state index in [1.54, 1.807) is 7.11 Å². The first-order valence-electron chi connectivity index (χ1n) is 5.39. The number of methoxy groups -OCH3 is 1. The molecule has 0 spiro atoms. The molecule has 16 heavy (non-hydrogen) atoms. The summed E-state index contributed by atoms with van der Waals surface area (Å²) in [6.07, 6.45) is 1.42. The number of rotatable bonds is 6. The molecule has 0 bridgehead atoms. The van der Waals surface area contributed by atoms with Crippen LogP contribution in [0.15, 0.2) is 24.3 Å². The first-order valence-corrected chi connectivity index (χ1v) is 5.39. The van der Waals surface area contributed by atoms with Crippen LogP contribution < -0.4 is 10.6 Å². The highest BCUT2D eigenvalue weighted by molar-refractivity contribution is 5.90. The van der Waals surface area contributed by atoms with E-state index in [1.165, 1.54) is 0 Å². The number of carbonyl (C=O) groups is 1. The van der Waals surface area contributed by atoms with Crippen molar-refractivity contribution in [1.29, 1.82) is 0 Å². The summed E-state index contributed by atoms with van der Waals surface area (Å²) >= 11 is 0. The lowest BCUT2D eigenvalue weighted by molar-refractivity contribution is -0.116.